The number of aromatic nitrogens is 1. The van der Waals surface area contributed by atoms with E-state index in [4.69, 9.17) is 24.5 Å². The standard InChI is InChI=1S/C16H23N3O.2C2HF3O2/c1-2-5-17-15(3-1)11-18-7-13-9-19(10-14(13)8-18)16-4-6-20-12-16;2*3-2(4,5)1(6)7/h1-3,5,13-14,16H,4,6-12H2;2*(H,6,7)/t13-,14+,16?;;. The molecule has 1 aromatic rings. The van der Waals surface area contributed by atoms with E-state index < -0.39 is 24.3 Å². The summed E-state index contributed by atoms with van der Waals surface area (Å²) >= 11 is 0. The third-order valence-electron chi connectivity index (χ3n) is 5.61. The molecule has 0 aliphatic carbocycles. The molecule has 34 heavy (non-hydrogen) atoms. The maximum atomic E-state index is 10.6. The zero-order valence-electron chi connectivity index (χ0n) is 17.9. The predicted octanol–water partition coefficient (Wildman–Crippen LogP) is 2.50. The molecule has 0 saturated carbocycles. The van der Waals surface area contributed by atoms with Crippen molar-refractivity contribution in [2.75, 3.05) is 39.4 Å². The maximum absolute atomic E-state index is 10.6. The Morgan fingerprint density at radius 2 is 1.50 bits per heavy atom. The van der Waals surface area contributed by atoms with Crippen molar-refractivity contribution in [3.63, 3.8) is 0 Å². The lowest BCUT2D eigenvalue weighted by atomic mass is 10.0. The number of hydrogen-bond acceptors (Lipinski definition) is 6. The van der Waals surface area contributed by atoms with Crippen molar-refractivity contribution in [3.8, 4) is 0 Å². The quantitative estimate of drug-likeness (QED) is 0.610. The Morgan fingerprint density at radius 1 is 0.971 bits per heavy atom. The molecule has 3 saturated heterocycles. The fourth-order valence-corrected chi connectivity index (χ4v) is 4.08. The monoisotopic (exact) mass is 501 g/mol. The minimum atomic E-state index is -5.08. The molecule has 3 fully saturated rings. The van der Waals surface area contributed by atoms with E-state index in [1.54, 1.807) is 0 Å². The Kier molecular flexibility index (Phi) is 9.64. The van der Waals surface area contributed by atoms with Gasteiger partial charge < -0.3 is 14.9 Å². The summed E-state index contributed by atoms with van der Waals surface area (Å²) in [5, 5.41) is 14.2. The molecule has 3 aliphatic rings. The maximum Gasteiger partial charge on any atom is 0.490 e. The van der Waals surface area contributed by atoms with Gasteiger partial charge >= 0.3 is 24.3 Å². The number of alkyl halides is 6. The average molecular weight is 501 g/mol. The third-order valence-corrected chi connectivity index (χ3v) is 5.61. The Labute approximate surface area is 191 Å². The largest absolute Gasteiger partial charge is 0.490 e. The average Bonchev–Trinajstić information content (AvgIpc) is 3.44. The van der Waals surface area contributed by atoms with E-state index in [2.05, 4.69) is 26.9 Å². The highest BCUT2D eigenvalue weighted by atomic mass is 19.4. The molecule has 3 aliphatic heterocycles. The number of carboxylic acid groups (broad SMARTS) is 2. The van der Waals surface area contributed by atoms with Gasteiger partial charge in [0, 0.05) is 51.6 Å². The number of fused-ring (bicyclic) bond motifs is 1. The molecule has 0 radical (unpaired) electrons. The number of hydrogen-bond donors (Lipinski definition) is 2. The summed E-state index contributed by atoms with van der Waals surface area (Å²) in [6, 6.07) is 6.91. The van der Waals surface area contributed by atoms with Crippen LogP contribution >= 0.6 is 0 Å². The van der Waals surface area contributed by atoms with Crippen LogP contribution in [0.1, 0.15) is 12.1 Å². The van der Waals surface area contributed by atoms with Crippen molar-refractivity contribution in [3.05, 3.63) is 30.1 Å². The number of aliphatic carboxylic acids is 2. The van der Waals surface area contributed by atoms with Crippen LogP contribution < -0.4 is 0 Å². The molecule has 3 atom stereocenters. The second-order valence-corrected chi connectivity index (χ2v) is 8.11. The molecule has 0 amide bonds. The second-order valence-electron chi connectivity index (χ2n) is 8.11. The van der Waals surface area contributed by atoms with E-state index >= 15 is 0 Å². The SMILES string of the molecule is O=C(O)C(F)(F)F.O=C(O)C(F)(F)F.c1ccc(CN2C[C@@H]3CN(C4CCOC4)C[C@@H]3C2)nc1. The fraction of sp³-hybridized carbons (Fsp3) is 0.650. The normalized spacial score (nSPS) is 25.1. The van der Waals surface area contributed by atoms with Crippen LogP contribution in [-0.2, 0) is 20.9 Å². The van der Waals surface area contributed by atoms with Gasteiger partial charge in [0.15, 0.2) is 0 Å². The number of ether oxygens (including phenoxy) is 1. The number of rotatable bonds is 3. The first-order valence-electron chi connectivity index (χ1n) is 10.3. The molecule has 4 heterocycles. The zero-order chi connectivity index (χ0) is 25.5. The van der Waals surface area contributed by atoms with Crippen LogP contribution in [0.5, 0.6) is 0 Å². The van der Waals surface area contributed by atoms with E-state index in [-0.39, 0.29) is 0 Å². The van der Waals surface area contributed by atoms with Gasteiger partial charge in [-0.1, -0.05) is 6.07 Å². The van der Waals surface area contributed by atoms with Gasteiger partial charge in [-0.05, 0) is 30.4 Å². The lowest BCUT2D eigenvalue weighted by Gasteiger charge is -2.25. The van der Waals surface area contributed by atoms with Gasteiger partial charge in [0.2, 0.25) is 0 Å². The van der Waals surface area contributed by atoms with Gasteiger partial charge in [-0.25, -0.2) is 9.59 Å². The van der Waals surface area contributed by atoms with Crippen molar-refractivity contribution in [1.29, 1.82) is 0 Å². The highest BCUT2D eigenvalue weighted by Crippen LogP contribution is 2.34. The first-order valence-corrected chi connectivity index (χ1v) is 10.3. The van der Waals surface area contributed by atoms with Gasteiger partial charge in [0.1, 0.15) is 0 Å². The number of nitrogens with zero attached hydrogens (tertiary/aromatic N) is 3. The minimum absolute atomic E-state index is 0.699. The molecule has 0 aromatic carbocycles. The predicted molar refractivity (Wildman–Crippen MR) is 105 cm³/mol. The third kappa shape index (κ3) is 8.72. The van der Waals surface area contributed by atoms with Crippen molar-refractivity contribution >= 4 is 11.9 Å². The number of halogens is 6. The molecule has 14 heteroatoms. The molecule has 4 rings (SSSR count). The second kappa shape index (κ2) is 11.8. The molecule has 1 aromatic heterocycles. The fourth-order valence-electron chi connectivity index (χ4n) is 4.08. The van der Waals surface area contributed by atoms with E-state index in [0.717, 1.165) is 31.6 Å². The van der Waals surface area contributed by atoms with E-state index in [0.29, 0.717) is 6.04 Å². The summed E-state index contributed by atoms with van der Waals surface area (Å²) in [4.78, 5) is 27.5. The Balaban J connectivity index is 0.000000244. The summed E-state index contributed by atoms with van der Waals surface area (Å²) in [5.41, 5.74) is 1.20. The zero-order valence-corrected chi connectivity index (χ0v) is 17.9. The summed E-state index contributed by atoms with van der Waals surface area (Å²) in [6.07, 6.45) is -7.04. The van der Waals surface area contributed by atoms with Crippen molar-refractivity contribution in [2.45, 2.75) is 31.4 Å². The van der Waals surface area contributed by atoms with Crippen LogP contribution in [-0.4, -0.2) is 94.7 Å². The van der Waals surface area contributed by atoms with Gasteiger partial charge in [0.05, 0.1) is 12.3 Å². The summed E-state index contributed by atoms with van der Waals surface area (Å²) < 4.78 is 69.0. The number of carbonyl (C=O) groups is 2. The van der Waals surface area contributed by atoms with Crippen molar-refractivity contribution in [2.24, 2.45) is 11.8 Å². The number of likely N-dealkylation sites (tertiary alicyclic amines) is 2. The first-order chi connectivity index (χ1) is 15.8. The topological polar surface area (TPSA) is 103 Å². The van der Waals surface area contributed by atoms with Crippen molar-refractivity contribution in [1.82, 2.24) is 14.8 Å². The van der Waals surface area contributed by atoms with Crippen molar-refractivity contribution < 1.29 is 50.9 Å². The van der Waals surface area contributed by atoms with Gasteiger partial charge in [-0.15, -0.1) is 0 Å². The van der Waals surface area contributed by atoms with E-state index in [1.165, 1.54) is 38.3 Å². The number of pyridine rings is 1. The molecule has 8 nitrogen and oxygen atoms in total. The summed E-state index contributed by atoms with van der Waals surface area (Å²) in [7, 11) is 0. The van der Waals surface area contributed by atoms with E-state index in [9.17, 15) is 26.3 Å². The smallest absolute Gasteiger partial charge is 0.475 e. The van der Waals surface area contributed by atoms with Gasteiger partial charge in [-0.3, -0.25) is 14.8 Å². The molecule has 0 bridgehead atoms. The first kappa shape index (κ1) is 27.8. The van der Waals surface area contributed by atoms with Gasteiger partial charge in [0.25, 0.3) is 0 Å². The Hall–Kier alpha value is -2.45. The molecular weight excluding hydrogens is 476 g/mol. The minimum Gasteiger partial charge on any atom is -0.475 e. The molecular formula is C20H25F6N3O5. The van der Waals surface area contributed by atoms with Crippen LogP contribution in [0.2, 0.25) is 0 Å². The molecule has 0 spiro atoms. The number of carboxylic acids is 2. The lowest BCUT2D eigenvalue weighted by Crippen LogP contribution is -2.36. The van der Waals surface area contributed by atoms with Gasteiger partial charge in [-0.2, -0.15) is 26.3 Å². The highest BCUT2D eigenvalue weighted by molar-refractivity contribution is 5.73. The Morgan fingerprint density at radius 3 is 1.88 bits per heavy atom. The van der Waals surface area contributed by atoms with Crippen LogP contribution in [0.15, 0.2) is 24.4 Å². The van der Waals surface area contributed by atoms with Crippen LogP contribution in [0.25, 0.3) is 0 Å². The molecule has 1 unspecified atom stereocenters. The van der Waals surface area contributed by atoms with Crippen LogP contribution in [0.3, 0.4) is 0 Å². The summed E-state index contributed by atoms with van der Waals surface area (Å²) in [6.45, 7) is 7.96. The van der Waals surface area contributed by atoms with Crippen LogP contribution in [0, 0.1) is 11.8 Å². The molecule has 2 N–H and O–H groups in total. The highest BCUT2D eigenvalue weighted by Gasteiger charge is 2.42. The lowest BCUT2D eigenvalue weighted by molar-refractivity contribution is -0.193. The Bertz CT molecular complexity index is 764. The molecule has 192 valence electrons. The summed E-state index contributed by atoms with van der Waals surface area (Å²) in [5.74, 6) is -3.79. The van der Waals surface area contributed by atoms with E-state index in [1.807, 2.05) is 12.3 Å². The van der Waals surface area contributed by atoms with Crippen LogP contribution in [0.4, 0.5) is 26.3 Å².